The van der Waals surface area contributed by atoms with Crippen molar-refractivity contribution < 1.29 is 36.3 Å². The molecule has 224 valence electrons. The fraction of sp³-hybridized carbons (Fsp3) is 0.214. The first-order valence-electron chi connectivity index (χ1n) is 12.8. The number of sulfonamides is 1. The second-order valence-corrected chi connectivity index (χ2v) is 12.7. The molecule has 2 aromatic heterocycles. The van der Waals surface area contributed by atoms with Crippen molar-refractivity contribution >= 4 is 59.6 Å². The zero-order valence-corrected chi connectivity index (χ0v) is 24.0. The molecule has 2 atom stereocenters. The topological polar surface area (TPSA) is 154 Å². The molecule has 3 aromatic carbocycles. The van der Waals surface area contributed by atoms with Crippen molar-refractivity contribution in [2.45, 2.75) is 37.2 Å². The average molecular weight is 632 g/mol. The third-order valence-electron chi connectivity index (χ3n) is 6.69. The number of rotatable bonds is 6. The van der Waals surface area contributed by atoms with E-state index in [2.05, 4.69) is 15.0 Å². The van der Waals surface area contributed by atoms with Crippen LogP contribution in [0.1, 0.15) is 40.2 Å². The number of carbonyl (C=O) groups is 2. The van der Waals surface area contributed by atoms with Gasteiger partial charge in [0.05, 0.1) is 33.7 Å². The molecule has 43 heavy (non-hydrogen) atoms. The number of nitrogens with zero attached hydrogens (tertiary/aromatic N) is 2. The molecule has 3 heterocycles. The number of para-hydroxylation sites is 3. The number of thiazole rings is 1. The van der Waals surface area contributed by atoms with Gasteiger partial charge in [0.2, 0.25) is 15.9 Å². The van der Waals surface area contributed by atoms with Gasteiger partial charge in [-0.1, -0.05) is 53.8 Å². The SMILES string of the molecule is Cc1cc(C[C@H](Nc2nc3ccccc3s2)c2nc3ccccc3[nH]2)ccc1C1CC(=O)NS1(=O)=O.O=C(O)C(F)(F)F. The van der Waals surface area contributed by atoms with Crippen LogP contribution < -0.4 is 10.0 Å². The summed E-state index contributed by atoms with van der Waals surface area (Å²) in [5.74, 6) is -2.42. The number of alkyl halides is 3. The molecule has 1 unspecified atom stereocenters. The van der Waals surface area contributed by atoms with Crippen LogP contribution in [0.3, 0.4) is 0 Å². The lowest BCUT2D eigenvalue weighted by Crippen LogP contribution is -2.22. The van der Waals surface area contributed by atoms with Crippen molar-refractivity contribution in [2.75, 3.05) is 5.32 Å². The van der Waals surface area contributed by atoms with Crippen LogP contribution in [0.25, 0.3) is 21.3 Å². The van der Waals surface area contributed by atoms with E-state index < -0.39 is 33.3 Å². The van der Waals surface area contributed by atoms with Crippen molar-refractivity contribution in [1.82, 2.24) is 19.7 Å². The summed E-state index contributed by atoms with van der Waals surface area (Å²) in [6, 6.07) is 21.5. The Morgan fingerprint density at radius 3 is 2.37 bits per heavy atom. The quantitative estimate of drug-likeness (QED) is 0.194. The van der Waals surface area contributed by atoms with Gasteiger partial charge in [-0.15, -0.1) is 0 Å². The van der Waals surface area contributed by atoms with Gasteiger partial charge >= 0.3 is 12.1 Å². The Morgan fingerprint density at radius 1 is 1.09 bits per heavy atom. The van der Waals surface area contributed by atoms with Gasteiger partial charge in [0.25, 0.3) is 0 Å². The smallest absolute Gasteiger partial charge is 0.475 e. The minimum atomic E-state index is -5.08. The van der Waals surface area contributed by atoms with Crippen molar-refractivity contribution in [3.63, 3.8) is 0 Å². The maximum Gasteiger partial charge on any atom is 0.490 e. The van der Waals surface area contributed by atoms with Crippen LogP contribution in [-0.2, 0) is 26.0 Å². The number of aliphatic carboxylic acids is 1. The first-order chi connectivity index (χ1) is 20.3. The summed E-state index contributed by atoms with van der Waals surface area (Å²) < 4.78 is 59.7. The molecule has 1 saturated heterocycles. The number of aromatic nitrogens is 3. The summed E-state index contributed by atoms with van der Waals surface area (Å²) >= 11 is 1.59. The molecule has 0 bridgehead atoms. The van der Waals surface area contributed by atoms with Crippen LogP contribution in [0, 0.1) is 6.92 Å². The number of hydrogen-bond donors (Lipinski definition) is 4. The number of carboxylic acids is 1. The van der Waals surface area contributed by atoms with Gasteiger partial charge in [-0.05, 0) is 54.3 Å². The lowest BCUT2D eigenvalue weighted by molar-refractivity contribution is -0.192. The number of aryl methyl sites for hydroxylation is 1. The molecule has 4 N–H and O–H groups in total. The number of aromatic amines is 1. The number of anilines is 1. The number of amides is 1. The number of carbonyl (C=O) groups excluding carboxylic acids is 1. The Morgan fingerprint density at radius 2 is 1.77 bits per heavy atom. The number of fused-ring (bicyclic) bond motifs is 2. The highest BCUT2D eigenvalue weighted by atomic mass is 32.2. The zero-order chi connectivity index (χ0) is 30.9. The Hall–Kier alpha value is -4.50. The number of imidazole rings is 1. The van der Waals surface area contributed by atoms with Gasteiger partial charge in [0.1, 0.15) is 11.1 Å². The number of carboxylic acid groups (broad SMARTS) is 1. The van der Waals surface area contributed by atoms with E-state index in [9.17, 15) is 26.4 Å². The highest BCUT2D eigenvalue weighted by molar-refractivity contribution is 7.90. The zero-order valence-electron chi connectivity index (χ0n) is 22.3. The number of benzene rings is 3. The van der Waals surface area contributed by atoms with Crippen molar-refractivity contribution in [2.24, 2.45) is 0 Å². The lowest BCUT2D eigenvalue weighted by Gasteiger charge is -2.18. The summed E-state index contributed by atoms with van der Waals surface area (Å²) in [5, 5.41) is 10.6. The molecule has 0 aliphatic carbocycles. The second-order valence-electron chi connectivity index (χ2n) is 9.78. The van der Waals surface area contributed by atoms with E-state index >= 15 is 0 Å². The lowest BCUT2D eigenvalue weighted by atomic mass is 9.97. The summed E-state index contributed by atoms with van der Waals surface area (Å²) in [5.41, 5.74) is 5.29. The van der Waals surface area contributed by atoms with E-state index in [1.54, 1.807) is 11.3 Å². The highest BCUT2D eigenvalue weighted by Crippen LogP contribution is 2.34. The molecule has 5 aromatic rings. The summed E-state index contributed by atoms with van der Waals surface area (Å²) in [6.07, 6.45) is -4.53. The normalized spacial score (nSPS) is 16.8. The largest absolute Gasteiger partial charge is 0.490 e. The van der Waals surface area contributed by atoms with E-state index in [0.717, 1.165) is 43.3 Å². The first kappa shape index (κ1) is 30.0. The van der Waals surface area contributed by atoms with Gasteiger partial charge in [0, 0.05) is 0 Å². The van der Waals surface area contributed by atoms with Crippen molar-refractivity contribution in [1.29, 1.82) is 0 Å². The Kier molecular flexibility index (Phi) is 8.12. The minimum absolute atomic E-state index is 0.0523. The van der Waals surface area contributed by atoms with Gasteiger partial charge in [-0.2, -0.15) is 13.2 Å². The number of halogens is 3. The maximum absolute atomic E-state index is 12.4. The molecule has 1 fully saturated rings. The molecule has 1 aliphatic rings. The standard InChI is InChI=1S/C26H23N5O3S2.C2HF3O2/c1-15-12-16(10-11-17(15)23-14-24(32)31-36(23,33)34)13-21(25-27-18-6-2-3-7-19(18)28-25)30-26-29-20-8-4-5-9-22(20)35-26;3-2(4,5)1(6)7/h2-12,21,23H,13-14H2,1H3,(H,27,28)(H,29,30)(H,31,32);(H,6,7)/t21-,23?;/m0./s1. The number of nitrogens with one attached hydrogen (secondary N) is 3. The number of hydrogen-bond acceptors (Lipinski definition) is 8. The van der Waals surface area contributed by atoms with Crippen molar-refractivity contribution in [3.05, 3.63) is 89.2 Å². The minimum Gasteiger partial charge on any atom is -0.475 e. The Balaban J connectivity index is 0.000000472. The maximum atomic E-state index is 12.4. The molecule has 0 saturated carbocycles. The molecule has 1 aliphatic heterocycles. The number of H-pyrrole nitrogens is 1. The third kappa shape index (κ3) is 6.78. The molecular weight excluding hydrogens is 607 g/mol. The molecule has 10 nitrogen and oxygen atoms in total. The predicted octanol–water partition coefficient (Wildman–Crippen LogP) is 5.40. The van der Waals surface area contributed by atoms with E-state index in [4.69, 9.17) is 19.9 Å². The molecule has 1 amide bonds. The summed E-state index contributed by atoms with van der Waals surface area (Å²) in [7, 11) is -3.69. The monoisotopic (exact) mass is 631 g/mol. The highest BCUT2D eigenvalue weighted by Gasteiger charge is 2.39. The van der Waals surface area contributed by atoms with Crippen LogP contribution in [0.4, 0.5) is 18.3 Å². The van der Waals surface area contributed by atoms with Crippen LogP contribution in [0.15, 0.2) is 66.7 Å². The molecule has 6 rings (SSSR count). The third-order valence-corrected chi connectivity index (χ3v) is 9.34. The van der Waals surface area contributed by atoms with Crippen LogP contribution in [0.5, 0.6) is 0 Å². The van der Waals surface area contributed by atoms with Gasteiger partial charge < -0.3 is 15.4 Å². The molecular formula is C28H24F3N5O5S2. The fourth-order valence-electron chi connectivity index (χ4n) is 4.73. The van der Waals surface area contributed by atoms with Gasteiger partial charge in [-0.25, -0.2) is 23.2 Å². The predicted molar refractivity (Wildman–Crippen MR) is 155 cm³/mol. The van der Waals surface area contributed by atoms with Crippen LogP contribution in [-0.4, -0.2) is 46.5 Å². The molecule has 15 heteroatoms. The summed E-state index contributed by atoms with van der Waals surface area (Å²) in [6.45, 7) is 1.88. The average Bonchev–Trinajstić information content (AvgIpc) is 3.62. The Labute approximate surface area is 247 Å². The van der Waals surface area contributed by atoms with Gasteiger partial charge in [0.15, 0.2) is 5.13 Å². The summed E-state index contributed by atoms with van der Waals surface area (Å²) in [4.78, 5) is 33.6. The van der Waals surface area contributed by atoms with E-state index in [1.807, 2.05) is 73.7 Å². The van der Waals surface area contributed by atoms with Crippen LogP contribution >= 0.6 is 11.3 Å². The van der Waals surface area contributed by atoms with E-state index in [-0.39, 0.29) is 12.5 Å². The first-order valence-corrected chi connectivity index (χ1v) is 15.2. The Bertz CT molecular complexity index is 1870. The second kappa shape index (κ2) is 11.6. The fourth-order valence-corrected chi connectivity index (χ4v) is 7.16. The molecule has 0 radical (unpaired) electrons. The van der Waals surface area contributed by atoms with Crippen LogP contribution in [0.2, 0.25) is 0 Å². The van der Waals surface area contributed by atoms with E-state index in [1.165, 1.54) is 0 Å². The van der Waals surface area contributed by atoms with E-state index in [0.29, 0.717) is 12.0 Å². The van der Waals surface area contributed by atoms with Crippen molar-refractivity contribution in [3.8, 4) is 0 Å². The molecule has 0 spiro atoms. The van der Waals surface area contributed by atoms with Gasteiger partial charge in [-0.3, -0.25) is 9.52 Å².